The molecule has 1 aliphatic heterocycles. The number of alkyl halides is 2. The first-order valence-electron chi connectivity index (χ1n) is 7.05. The lowest BCUT2D eigenvalue weighted by Crippen LogP contribution is -2.34. The third kappa shape index (κ3) is 2.59. The van der Waals surface area contributed by atoms with E-state index in [1.165, 1.54) is 31.2 Å². The fourth-order valence-corrected chi connectivity index (χ4v) is 3.08. The van der Waals surface area contributed by atoms with Gasteiger partial charge in [-0.15, -0.1) is 0 Å². The van der Waals surface area contributed by atoms with Crippen molar-refractivity contribution in [3.8, 4) is 0 Å². The summed E-state index contributed by atoms with van der Waals surface area (Å²) in [6.45, 7) is 1.13. The lowest BCUT2D eigenvalue weighted by atomic mass is 9.98. The highest BCUT2D eigenvalue weighted by Gasteiger charge is 2.54. The molecule has 1 aromatic carbocycles. The molecular weight excluding hydrogens is 389 g/mol. The van der Waals surface area contributed by atoms with Crippen molar-refractivity contribution < 1.29 is 23.1 Å². The summed E-state index contributed by atoms with van der Waals surface area (Å²) < 4.78 is 42.1. The minimum Gasteiger partial charge on any atom is -0.389 e. The second-order valence-corrected chi connectivity index (χ2v) is 6.21. The number of aliphatic hydroxyl groups is 1. The highest BCUT2D eigenvalue weighted by atomic mass is 79.9. The molecule has 2 heterocycles. The third-order valence-electron chi connectivity index (χ3n) is 3.82. The molecule has 0 aliphatic carbocycles. The molecular formula is C16H12BrF3N2O2. The fraction of sp³-hybridized carbons (Fsp3) is 0.250. The van der Waals surface area contributed by atoms with Crippen molar-refractivity contribution in [2.75, 3.05) is 4.90 Å². The van der Waals surface area contributed by atoms with Crippen LogP contribution in [0.4, 0.5) is 18.9 Å². The van der Waals surface area contributed by atoms with Crippen LogP contribution in [0.25, 0.3) is 0 Å². The van der Waals surface area contributed by atoms with E-state index in [4.69, 9.17) is 0 Å². The number of fused-ring (bicyclic) bond motifs is 1. The topological polar surface area (TPSA) is 53.4 Å². The summed E-state index contributed by atoms with van der Waals surface area (Å²) in [5, 5.41) is 9.73. The first-order valence-corrected chi connectivity index (χ1v) is 7.85. The lowest BCUT2D eigenvalue weighted by molar-refractivity contribution is -0.141. The highest BCUT2D eigenvalue weighted by Crippen LogP contribution is 2.47. The van der Waals surface area contributed by atoms with Gasteiger partial charge in [-0.1, -0.05) is 12.1 Å². The monoisotopic (exact) mass is 400 g/mol. The van der Waals surface area contributed by atoms with Gasteiger partial charge in [0.1, 0.15) is 4.60 Å². The zero-order chi connectivity index (χ0) is 17.6. The molecule has 0 saturated heterocycles. The standard InChI is InChI=1S/C16H12BrF3N2O2/c1-8(23)10-3-2-4-12-13(10)16(19,20)15(24)22(12)7-9-5-6-11(18)14(17)21-9/h2-6,8,23H,7H2,1H3/t8-/m0/s1. The fourth-order valence-electron chi connectivity index (χ4n) is 2.72. The third-order valence-corrected chi connectivity index (χ3v) is 4.38. The molecule has 3 rings (SSSR count). The number of hydrogen-bond acceptors (Lipinski definition) is 3. The van der Waals surface area contributed by atoms with Crippen LogP contribution in [-0.4, -0.2) is 16.0 Å². The number of aromatic nitrogens is 1. The Morgan fingerprint density at radius 3 is 2.67 bits per heavy atom. The van der Waals surface area contributed by atoms with Gasteiger partial charge >= 0.3 is 11.8 Å². The van der Waals surface area contributed by atoms with Crippen LogP contribution in [0.5, 0.6) is 0 Å². The Hall–Kier alpha value is -1.93. The molecule has 8 heteroatoms. The van der Waals surface area contributed by atoms with E-state index in [2.05, 4.69) is 20.9 Å². The summed E-state index contributed by atoms with van der Waals surface area (Å²) in [6.07, 6.45) is -1.14. The maximum Gasteiger partial charge on any atom is 0.352 e. The zero-order valence-electron chi connectivity index (χ0n) is 12.4. The molecule has 1 aromatic heterocycles. The molecule has 0 fully saturated rings. The van der Waals surface area contributed by atoms with E-state index in [-0.39, 0.29) is 28.1 Å². The van der Waals surface area contributed by atoms with Crippen LogP contribution in [-0.2, 0) is 17.3 Å². The van der Waals surface area contributed by atoms with E-state index >= 15 is 0 Å². The number of pyridine rings is 1. The van der Waals surface area contributed by atoms with Crippen molar-refractivity contribution in [3.05, 3.63) is 57.6 Å². The van der Waals surface area contributed by atoms with Gasteiger partial charge < -0.3 is 10.0 Å². The van der Waals surface area contributed by atoms with E-state index in [0.29, 0.717) is 0 Å². The summed E-state index contributed by atoms with van der Waals surface area (Å²) in [6, 6.07) is 6.70. The number of carbonyl (C=O) groups excluding carboxylic acids is 1. The van der Waals surface area contributed by atoms with Crippen molar-refractivity contribution in [1.29, 1.82) is 0 Å². The number of hydrogen-bond donors (Lipinski definition) is 1. The van der Waals surface area contributed by atoms with Gasteiger partial charge in [-0.2, -0.15) is 8.78 Å². The van der Waals surface area contributed by atoms with Crippen LogP contribution >= 0.6 is 15.9 Å². The number of rotatable bonds is 3. The summed E-state index contributed by atoms with van der Waals surface area (Å²) in [5.74, 6) is -5.72. The Kier molecular flexibility index (Phi) is 4.13. The highest BCUT2D eigenvalue weighted by molar-refractivity contribution is 9.10. The number of anilines is 1. The van der Waals surface area contributed by atoms with Gasteiger partial charge in [-0.05, 0) is 46.6 Å². The minimum atomic E-state index is -3.74. The average molecular weight is 401 g/mol. The van der Waals surface area contributed by atoms with Crippen LogP contribution in [0.2, 0.25) is 0 Å². The van der Waals surface area contributed by atoms with Gasteiger partial charge in [-0.3, -0.25) is 4.79 Å². The molecule has 126 valence electrons. The van der Waals surface area contributed by atoms with E-state index < -0.39 is 29.3 Å². The van der Waals surface area contributed by atoms with Crippen molar-refractivity contribution >= 4 is 27.5 Å². The number of amides is 1. The normalized spacial score (nSPS) is 17.1. The predicted octanol–water partition coefficient (Wildman–Crippen LogP) is 3.68. The molecule has 1 aliphatic rings. The van der Waals surface area contributed by atoms with Gasteiger partial charge in [0.05, 0.1) is 29.6 Å². The Labute approximate surface area is 144 Å². The molecule has 4 nitrogen and oxygen atoms in total. The summed E-state index contributed by atoms with van der Waals surface area (Å²) in [5.41, 5.74) is -0.221. The molecule has 1 atom stereocenters. The van der Waals surface area contributed by atoms with Gasteiger partial charge in [0.2, 0.25) is 0 Å². The second-order valence-electron chi connectivity index (χ2n) is 5.46. The predicted molar refractivity (Wildman–Crippen MR) is 84.1 cm³/mol. The van der Waals surface area contributed by atoms with Crippen molar-refractivity contribution in [3.63, 3.8) is 0 Å². The maximum absolute atomic E-state index is 14.5. The Morgan fingerprint density at radius 1 is 1.33 bits per heavy atom. The molecule has 0 radical (unpaired) electrons. The molecule has 2 aromatic rings. The number of aliphatic hydroxyl groups excluding tert-OH is 1. The van der Waals surface area contributed by atoms with Crippen LogP contribution < -0.4 is 4.90 Å². The van der Waals surface area contributed by atoms with E-state index in [1.54, 1.807) is 0 Å². The van der Waals surface area contributed by atoms with Crippen molar-refractivity contribution in [2.24, 2.45) is 0 Å². The molecule has 1 amide bonds. The number of benzene rings is 1. The number of carbonyl (C=O) groups is 1. The quantitative estimate of drug-likeness (QED) is 0.799. The molecule has 0 bridgehead atoms. The smallest absolute Gasteiger partial charge is 0.352 e. The molecule has 0 saturated carbocycles. The summed E-state index contributed by atoms with van der Waals surface area (Å²) in [4.78, 5) is 17.0. The first-order chi connectivity index (χ1) is 11.2. The zero-order valence-corrected chi connectivity index (χ0v) is 14.0. The second kappa shape index (κ2) is 5.86. The van der Waals surface area contributed by atoms with Crippen LogP contribution in [0.3, 0.4) is 0 Å². The Balaban J connectivity index is 2.07. The largest absolute Gasteiger partial charge is 0.389 e. The molecule has 0 unspecified atom stereocenters. The number of halogens is 4. The molecule has 0 spiro atoms. The van der Waals surface area contributed by atoms with Crippen molar-refractivity contribution in [2.45, 2.75) is 25.5 Å². The van der Waals surface area contributed by atoms with E-state index in [1.807, 2.05) is 0 Å². The Bertz CT molecular complexity index is 827. The van der Waals surface area contributed by atoms with Crippen molar-refractivity contribution in [1.82, 2.24) is 4.98 Å². The molecule has 1 N–H and O–H groups in total. The van der Waals surface area contributed by atoms with E-state index in [9.17, 15) is 23.1 Å². The minimum absolute atomic E-state index is 0.00148. The average Bonchev–Trinajstić information content (AvgIpc) is 2.72. The molecule has 24 heavy (non-hydrogen) atoms. The van der Waals surface area contributed by atoms with E-state index in [0.717, 1.165) is 11.0 Å². The van der Waals surface area contributed by atoms with Gasteiger partial charge in [0.25, 0.3) is 0 Å². The van der Waals surface area contributed by atoms with Gasteiger partial charge in [0.15, 0.2) is 5.82 Å². The Morgan fingerprint density at radius 2 is 2.04 bits per heavy atom. The number of nitrogens with zero attached hydrogens (tertiary/aromatic N) is 2. The summed E-state index contributed by atoms with van der Waals surface area (Å²) >= 11 is 2.92. The first kappa shape index (κ1) is 16.9. The van der Waals surface area contributed by atoms with Crippen LogP contribution in [0, 0.1) is 5.82 Å². The summed E-state index contributed by atoms with van der Waals surface area (Å²) in [7, 11) is 0. The lowest BCUT2D eigenvalue weighted by Gasteiger charge is -2.17. The van der Waals surface area contributed by atoms with Crippen LogP contribution in [0.1, 0.15) is 29.8 Å². The maximum atomic E-state index is 14.5. The van der Waals surface area contributed by atoms with Gasteiger partial charge in [0, 0.05) is 0 Å². The van der Waals surface area contributed by atoms with Crippen LogP contribution in [0.15, 0.2) is 34.9 Å². The van der Waals surface area contributed by atoms with Gasteiger partial charge in [-0.25, -0.2) is 9.37 Å². The SMILES string of the molecule is C[C@H](O)c1cccc2c1C(F)(F)C(=O)N2Cc1ccc(F)c(Br)n1.